The van der Waals surface area contributed by atoms with E-state index in [4.69, 9.17) is 9.47 Å². The zero-order valence-electron chi connectivity index (χ0n) is 17.5. The van der Waals surface area contributed by atoms with E-state index < -0.39 is 24.3 Å². The van der Waals surface area contributed by atoms with Gasteiger partial charge in [-0.3, -0.25) is 9.59 Å². The van der Waals surface area contributed by atoms with Crippen molar-refractivity contribution in [2.24, 2.45) is 5.10 Å². The van der Waals surface area contributed by atoms with Crippen LogP contribution in [0.4, 0.5) is 18.9 Å². The van der Waals surface area contributed by atoms with Crippen LogP contribution in [0.25, 0.3) is 0 Å². The van der Waals surface area contributed by atoms with Gasteiger partial charge in [-0.2, -0.15) is 23.3 Å². The van der Waals surface area contributed by atoms with Crippen LogP contribution >= 0.6 is 0 Å². The molecule has 0 heterocycles. The third-order valence-electron chi connectivity index (χ3n) is 4.45. The number of halogens is 3. The lowest BCUT2D eigenvalue weighted by Gasteiger charge is -2.19. The van der Waals surface area contributed by atoms with E-state index in [0.717, 1.165) is 17.1 Å². The number of hydrazone groups is 1. The zero-order valence-corrected chi connectivity index (χ0v) is 17.5. The predicted molar refractivity (Wildman–Crippen MR) is 117 cm³/mol. The van der Waals surface area contributed by atoms with E-state index in [0.29, 0.717) is 17.4 Å². The van der Waals surface area contributed by atoms with Gasteiger partial charge >= 0.3 is 6.18 Å². The summed E-state index contributed by atoms with van der Waals surface area (Å²) >= 11 is 0. The second kappa shape index (κ2) is 10.4. The standard InChI is InChI=1S/C24H19F3N2O4/c1-32-22-12-18(15-30)10-11-21(22)33-16-23(31)29(28-14-17-6-3-2-4-7-17)20-9-5-8-19(13-20)24(25,26)27/h2-15H,16H2,1H3/b28-14+. The van der Waals surface area contributed by atoms with Gasteiger partial charge in [0.15, 0.2) is 18.1 Å². The average molecular weight is 456 g/mol. The summed E-state index contributed by atoms with van der Waals surface area (Å²) in [5, 5.41) is 4.95. The molecular formula is C24H19F3N2O4. The summed E-state index contributed by atoms with van der Waals surface area (Å²) in [6, 6.07) is 17.4. The highest BCUT2D eigenvalue weighted by Gasteiger charge is 2.31. The van der Waals surface area contributed by atoms with Crippen molar-refractivity contribution in [2.45, 2.75) is 6.18 Å². The van der Waals surface area contributed by atoms with Crippen molar-refractivity contribution < 1.29 is 32.2 Å². The topological polar surface area (TPSA) is 68.2 Å². The van der Waals surface area contributed by atoms with E-state index in [2.05, 4.69) is 5.10 Å². The molecule has 0 radical (unpaired) electrons. The minimum absolute atomic E-state index is 0.0751. The molecule has 0 spiro atoms. The van der Waals surface area contributed by atoms with E-state index in [1.807, 2.05) is 0 Å². The maximum absolute atomic E-state index is 13.2. The van der Waals surface area contributed by atoms with E-state index in [1.54, 1.807) is 30.3 Å². The first kappa shape index (κ1) is 23.5. The number of nitrogens with zero attached hydrogens (tertiary/aromatic N) is 2. The van der Waals surface area contributed by atoms with Gasteiger partial charge in [-0.1, -0.05) is 36.4 Å². The van der Waals surface area contributed by atoms with Crippen molar-refractivity contribution in [1.29, 1.82) is 0 Å². The predicted octanol–water partition coefficient (Wildman–Crippen LogP) is 4.97. The Bertz CT molecular complexity index is 1150. The van der Waals surface area contributed by atoms with Crippen molar-refractivity contribution in [1.82, 2.24) is 0 Å². The number of amides is 1. The van der Waals surface area contributed by atoms with Crippen LogP contribution in [0, 0.1) is 0 Å². The van der Waals surface area contributed by atoms with Gasteiger partial charge in [0.05, 0.1) is 24.6 Å². The van der Waals surface area contributed by atoms with E-state index in [1.165, 1.54) is 43.7 Å². The maximum Gasteiger partial charge on any atom is 0.416 e. The summed E-state index contributed by atoms with van der Waals surface area (Å²) < 4.78 is 50.3. The number of aldehydes is 1. The lowest BCUT2D eigenvalue weighted by atomic mass is 10.2. The van der Waals surface area contributed by atoms with Gasteiger partial charge in [0, 0.05) is 5.56 Å². The highest BCUT2D eigenvalue weighted by atomic mass is 19.4. The summed E-state index contributed by atoms with van der Waals surface area (Å²) in [5.41, 5.74) is 0.00604. The molecule has 0 unspecified atom stereocenters. The number of ether oxygens (including phenoxy) is 2. The molecule has 0 aromatic heterocycles. The Balaban J connectivity index is 1.88. The quantitative estimate of drug-likeness (QED) is 0.273. The fourth-order valence-electron chi connectivity index (χ4n) is 2.83. The molecule has 0 aliphatic rings. The molecule has 0 saturated carbocycles. The number of rotatable bonds is 8. The summed E-state index contributed by atoms with van der Waals surface area (Å²) in [4.78, 5) is 23.9. The van der Waals surface area contributed by atoms with Crippen molar-refractivity contribution in [3.8, 4) is 11.5 Å². The van der Waals surface area contributed by atoms with E-state index >= 15 is 0 Å². The third-order valence-corrected chi connectivity index (χ3v) is 4.45. The molecule has 3 aromatic rings. The number of alkyl halides is 3. The second-order valence-corrected chi connectivity index (χ2v) is 6.73. The van der Waals surface area contributed by atoms with Gasteiger partial charge in [-0.25, -0.2) is 0 Å². The molecule has 0 N–H and O–H groups in total. The van der Waals surface area contributed by atoms with Gasteiger partial charge in [0.25, 0.3) is 5.91 Å². The molecule has 9 heteroatoms. The minimum Gasteiger partial charge on any atom is -0.493 e. The third kappa shape index (κ3) is 6.19. The molecule has 0 bridgehead atoms. The largest absolute Gasteiger partial charge is 0.493 e. The molecule has 3 rings (SSSR count). The van der Waals surface area contributed by atoms with Gasteiger partial charge in [0.2, 0.25) is 0 Å². The Labute approximate surface area is 187 Å². The SMILES string of the molecule is COc1cc(C=O)ccc1OCC(=O)N(/N=C/c1ccccc1)c1cccc(C(F)(F)F)c1. The second-order valence-electron chi connectivity index (χ2n) is 6.73. The summed E-state index contributed by atoms with van der Waals surface area (Å²) in [7, 11) is 1.37. The molecule has 0 aliphatic heterocycles. The van der Waals surface area contributed by atoms with Gasteiger partial charge in [-0.15, -0.1) is 0 Å². The summed E-state index contributed by atoms with van der Waals surface area (Å²) in [6.07, 6.45) is -2.60. The van der Waals surface area contributed by atoms with E-state index in [-0.39, 0.29) is 17.2 Å². The fraction of sp³-hybridized carbons (Fsp3) is 0.125. The van der Waals surface area contributed by atoms with Crippen LogP contribution in [0.1, 0.15) is 21.5 Å². The first-order chi connectivity index (χ1) is 15.8. The highest BCUT2D eigenvalue weighted by molar-refractivity contribution is 5.96. The van der Waals surface area contributed by atoms with Gasteiger partial charge < -0.3 is 9.47 Å². The Morgan fingerprint density at radius 1 is 0.970 bits per heavy atom. The number of carbonyl (C=O) groups excluding carboxylic acids is 2. The molecular weight excluding hydrogens is 437 g/mol. The smallest absolute Gasteiger partial charge is 0.416 e. The molecule has 6 nitrogen and oxygen atoms in total. The Hall–Kier alpha value is -4.14. The molecule has 1 amide bonds. The van der Waals surface area contributed by atoms with Crippen molar-refractivity contribution in [3.05, 3.63) is 89.5 Å². The summed E-state index contributed by atoms with van der Waals surface area (Å²) in [5.74, 6) is -0.304. The maximum atomic E-state index is 13.2. The van der Waals surface area contributed by atoms with Crippen LogP contribution in [0.15, 0.2) is 77.9 Å². The zero-order chi connectivity index (χ0) is 23.8. The van der Waals surface area contributed by atoms with Crippen molar-refractivity contribution in [3.63, 3.8) is 0 Å². The molecule has 0 atom stereocenters. The Kier molecular flexibility index (Phi) is 7.45. The lowest BCUT2D eigenvalue weighted by molar-refractivity contribution is -0.137. The number of hydrogen-bond donors (Lipinski definition) is 0. The van der Waals surface area contributed by atoms with Crippen molar-refractivity contribution >= 4 is 24.1 Å². The lowest BCUT2D eigenvalue weighted by Crippen LogP contribution is -2.31. The van der Waals surface area contributed by atoms with Gasteiger partial charge in [-0.05, 0) is 42.0 Å². The highest BCUT2D eigenvalue weighted by Crippen LogP contribution is 2.32. The van der Waals surface area contributed by atoms with E-state index in [9.17, 15) is 22.8 Å². The molecule has 33 heavy (non-hydrogen) atoms. The first-order valence-corrected chi connectivity index (χ1v) is 9.67. The summed E-state index contributed by atoms with van der Waals surface area (Å²) in [6.45, 7) is -0.542. The minimum atomic E-state index is -4.59. The van der Waals surface area contributed by atoms with Crippen LogP contribution in [0.2, 0.25) is 0 Å². The monoisotopic (exact) mass is 456 g/mol. The number of methoxy groups -OCH3 is 1. The first-order valence-electron chi connectivity index (χ1n) is 9.67. The van der Waals surface area contributed by atoms with Crippen LogP contribution in [-0.4, -0.2) is 32.1 Å². The van der Waals surface area contributed by atoms with Crippen molar-refractivity contribution in [2.75, 3.05) is 18.7 Å². The Morgan fingerprint density at radius 3 is 2.39 bits per heavy atom. The van der Waals surface area contributed by atoms with Crippen LogP contribution in [-0.2, 0) is 11.0 Å². The molecule has 0 saturated heterocycles. The number of benzene rings is 3. The average Bonchev–Trinajstić information content (AvgIpc) is 2.83. The number of anilines is 1. The van der Waals surface area contributed by atoms with Crippen LogP contribution in [0.5, 0.6) is 11.5 Å². The normalized spacial score (nSPS) is 11.3. The van der Waals surface area contributed by atoms with Gasteiger partial charge in [0.1, 0.15) is 6.29 Å². The molecule has 0 fully saturated rings. The number of carbonyl (C=O) groups is 2. The number of hydrogen-bond acceptors (Lipinski definition) is 5. The molecule has 0 aliphatic carbocycles. The molecule has 3 aromatic carbocycles. The fourth-order valence-corrected chi connectivity index (χ4v) is 2.83. The van der Waals surface area contributed by atoms with Crippen LogP contribution in [0.3, 0.4) is 0 Å². The molecule has 170 valence electrons. The Morgan fingerprint density at radius 2 is 1.73 bits per heavy atom. The van der Waals surface area contributed by atoms with Crippen LogP contribution < -0.4 is 14.5 Å².